The fourth-order valence-corrected chi connectivity index (χ4v) is 0.859. The van der Waals surface area contributed by atoms with Crippen LogP contribution in [0.5, 0.6) is 0 Å². The second kappa shape index (κ2) is 7.11. The molecule has 0 N–H and O–H groups in total. The van der Waals surface area contributed by atoms with E-state index in [1.807, 2.05) is 0 Å². The minimum atomic E-state index is 0. The van der Waals surface area contributed by atoms with Gasteiger partial charge in [0.15, 0.2) is 0 Å². The van der Waals surface area contributed by atoms with E-state index in [2.05, 4.69) is 27.7 Å². The monoisotopic (exact) mass is 144 g/mol. The molecule has 0 unspecified atom stereocenters. The Morgan fingerprint density at radius 3 is 1.90 bits per heavy atom. The third-order valence-corrected chi connectivity index (χ3v) is 2.15. The number of hydrogen-bond donors (Lipinski definition) is 0. The van der Waals surface area contributed by atoms with Crippen LogP contribution in [-0.4, -0.2) is 0 Å². The van der Waals surface area contributed by atoms with Gasteiger partial charge >= 0.3 is 0 Å². The Balaban J connectivity index is 0. The lowest BCUT2D eigenvalue weighted by Crippen LogP contribution is -2.02. The van der Waals surface area contributed by atoms with Crippen molar-refractivity contribution in [3.05, 3.63) is 0 Å². The van der Waals surface area contributed by atoms with Gasteiger partial charge in [0.25, 0.3) is 0 Å². The highest BCUT2D eigenvalue weighted by Gasteiger charge is 2.04. The first-order chi connectivity index (χ1) is 4.18. The van der Waals surface area contributed by atoms with E-state index in [9.17, 15) is 0 Å². The molecule has 0 aromatic rings. The van der Waals surface area contributed by atoms with E-state index in [-0.39, 0.29) is 7.43 Å². The number of hydrogen-bond acceptors (Lipinski definition) is 0. The molecule has 0 fully saturated rings. The molecule has 0 aromatic carbocycles. The fraction of sp³-hybridized carbons (Fsp3) is 1.00. The topological polar surface area (TPSA) is 0 Å². The SMILES string of the molecule is C.CCCC[C@@H](C)C(C)C. The molecule has 0 aliphatic heterocycles. The van der Waals surface area contributed by atoms with Crippen molar-refractivity contribution < 1.29 is 0 Å². The Bertz CT molecular complexity index is 55.1. The molecule has 10 heavy (non-hydrogen) atoms. The van der Waals surface area contributed by atoms with Crippen LogP contribution in [0.25, 0.3) is 0 Å². The van der Waals surface area contributed by atoms with Crippen molar-refractivity contribution in [2.75, 3.05) is 0 Å². The van der Waals surface area contributed by atoms with Gasteiger partial charge in [-0.2, -0.15) is 0 Å². The van der Waals surface area contributed by atoms with E-state index in [0.29, 0.717) is 0 Å². The maximum Gasteiger partial charge on any atom is -0.0420 e. The molecule has 0 radical (unpaired) electrons. The second-order valence-electron chi connectivity index (χ2n) is 3.36. The van der Waals surface area contributed by atoms with Crippen LogP contribution < -0.4 is 0 Å². The normalized spacial score (nSPS) is 12.9. The smallest absolute Gasteiger partial charge is 0.0420 e. The van der Waals surface area contributed by atoms with Gasteiger partial charge in [-0.15, -0.1) is 0 Å². The fourth-order valence-electron chi connectivity index (χ4n) is 0.859. The zero-order valence-electron chi connectivity index (χ0n) is 7.28. The van der Waals surface area contributed by atoms with Gasteiger partial charge in [0.1, 0.15) is 0 Å². The molecule has 0 saturated heterocycles. The summed E-state index contributed by atoms with van der Waals surface area (Å²) in [6.07, 6.45) is 4.16. The van der Waals surface area contributed by atoms with Crippen LogP contribution in [0.3, 0.4) is 0 Å². The number of rotatable bonds is 4. The quantitative estimate of drug-likeness (QED) is 0.557. The lowest BCUT2D eigenvalue weighted by Gasteiger charge is -2.13. The zero-order chi connectivity index (χ0) is 7.28. The first kappa shape index (κ1) is 12.7. The van der Waals surface area contributed by atoms with Crippen molar-refractivity contribution in [3.63, 3.8) is 0 Å². The molecule has 0 aliphatic rings. The summed E-state index contributed by atoms with van der Waals surface area (Å²) < 4.78 is 0. The van der Waals surface area contributed by atoms with Crippen molar-refractivity contribution in [2.45, 2.75) is 54.4 Å². The Kier molecular flexibility index (Phi) is 9.00. The van der Waals surface area contributed by atoms with Crippen molar-refractivity contribution in [2.24, 2.45) is 11.8 Å². The van der Waals surface area contributed by atoms with Gasteiger partial charge in [-0.3, -0.25) is 0 Å². The summed E-state index contributed by atoms with van der Waals surface area (Å²) in [4.78, 5) is 0. The molecule has 64 valence electrons. The predicted octanol–water partition coefficient (Wildman–Crippen LogP) is 4.10. The van der Waals surface area contributed by atoms with Gasteiger partial charge in [0.05, 0.1) is 0 Å². The molecule has 0 bridgehead atoms. The van der Waals surface area contributed by atoms with Gasteiger partial charge in [-0.25, -0.2) is 0 Å². The number of unbranched alkanes of at least 4 members (excludes halogenated alkanes) is 1. The average Bonchev–Trinajstić information content (AvgIpc) is 1.82. The van der Waals surface area contributed by atoms with E-state index in [1.54, 1.807) is 0 Å². The second-order valence-corrected chi connectivity index (χ2v) is 3.36. The summed E-state index contributed by atoms with van der Waals surface area (Å²) >= 11 is 0. The van der Waals surface area contributed by atoms with Gasteiger partial charge in [0, 0.05) is 0 Å². The molecule has 1 atom stereocenters. The molecule has 0 rings (SSSR count). The standard InChI is InChI=1S/C9H20.CH4/c1-5-6-7-9(4)8(2)3;/h8-9H,5-7H2,1-4H3;1H4/t9-;/m1./s1. The first-order valence-electron chi connectivity index (χ1n) is 4.18. The van der Waals surface area contributed by atoms with E-state index in [4.69, 9.17) is 0 Å². The Morgan fingerprint density at radius 2 is 1.60 bits per heavy atom. The zero-order valence-corrected chi connectivity index (χ0v) is 7.28. The molecule has 0 heteroatoms. The highest BCUT2D eigenvalue weighted by atomic mass is 14.1. The van der Waals surface area contributed by atoms with Crippen LogP contribution in [-0.2, 0) is 0 Å². The highest BCUT2D eigenvalue weighted by molar-refractivity contribution is 4.55. The predicted molar refractivity (Wildman–Crippen MR) is 50.3 cm³/mol. The summed E-state index contributed by atoms with van der Waals surface area (Å²) in [6.45, 7) is 9.22. The summed E-state index contributed by atoms with van der Waals surface area (Å²) in [7, 11) is 0. The van der Waals surface area contributed by atoms with Crippen molar-refractivity contribution in [3.8, 4) is 0 Å². The minimum Gasteiger partial charge on any atom is -0.0776 e. The molecular formula is C10H24. The van der Waals surface area contributed by atoms with E-state index < -0.39 is 0 Å². The van der Waals surface area contributed by atoms with Crippen LogP contribution in [0.1, 0.15) is 54.4 Å². The van der Waals surface area contributed by atoms with Crippen molar-refractivity contribution in [1.29, 1.82) is 0 Å². The summed E-state index contributed by atoms with van der Waals surface area (Å²) in [5.41, 5.74) is 0. The molecule has 0 aliphatic carbocycles. The van der Waals surface area contributed by atoms with Crippen LogP contribution in [0.2, 0.25) is 0 Å². The maximum atomic E-state index is 2.35. The van der Waals surface area contributed by atoms with Crippen molar-refractivity contribution in [1.82, 2.24) is 0 Å². The molecular weight excluding hydrogens is 120 g/mol. The molecule has 0 saturated carbocycles. The molecule has 0 aromatic heterocycles. The Hall–Kier alpha value is 0. The molecule has 0 amide bonds. The van der Waals surface area contributed by atoms with Gasteiger partial charge in [-0.1, -0.05) is 54.4 Å². The van der Waals surface area contributed by atoms with Crippen LogP contribution in [0.4, 0.5) is 0 Å². The first-order valence-corrected chi connectivity index (χ1v) is 4.18. The summed E-state index contributed by atoms with van der Waals surface area (Å²) in [5.74, 6) is 1.79. The van der Waals surface area contributed by atoms with Gasteiger partial charge in [-0.05, 0) is 11.8 Å². The average molecular weight is 144 g/mol. The van der Waals surface area contributed by atoms with Crippen LogP contribution >= 0.6 is 0 Å². The lowest BCUT2D eigenvalue weighted by atomic mass is 9.93. The molecule has 0 spiro atoms. The lowest BCUT2D eigenvalue weighted by molar-refractivity contribution is 0.381. The third-order valence-electron chi connectivity index (χ3n) is 2.15. The Labute approximate surface area is 67.0 Å². The van der Waals surface area contributed by atoms with Gasteiger partial charge in [0.2, 0.25) is 0 Å². The molecule has 0 heterocycles. The van der Waals surface area contributed by atoms with E-state index >= 15 is 0 Å². The largest absolute Gasteiger partial charge is 0.0776 e. The minimum absolute atomic E-state index is 0. The Morgan fingerprint density at radius 1 is 1.10 bits per heavy atom. The van der Waals surface area contributed by atoms with Crippen LogP contribution in [0.15, 0.2) is 0 Å². The highest BCUT2D eigenvalue weighted by Crippen LogP contribution is 2.16. The van der Waals surface area contributed by atoms with Crippen LogP contribution in [0, 0.1) is 11.8 Å². The third kappa shape index (κ3) is 6.12. The summed E-state index contributed by atoms with van der Waals surface area (Å²) in [6, 6.07) is 0. The van der Waals surface area contributed by atoms with E-state index in [1.165, 1.54) is 19.3 Å². The van der Waals surface area contributed by atoms with Crippen molar-refractivity contribution >= 4 is 0 Å². The van der Waals surface area contributed by atoms with Gasteiger partial charge < -0.3 is 0 Å². The molecule has 0 nitrogen and oxygen atoms in total. The van der Waals surface area contributed by atoms with E-state index in [0.717, 1.165) is 11.8 Å². The summed E-state index contributed by atoms with van der Waals surface area (Å²) in [5, 5.41) is 0. The maximum absolute atomic E-state index is 2.35.